The molecule has 0 aliphatic carbocycles. The Morgan fingerprint density at radius 1 is 0.957 bits per heavy atom. The van der Waals surface area contributed by atoms with Gasteiger partial charge in [0.05, 0.1) is 0 Å². The third-order valence-electron chi connectivity index (χ3n) is 4.38. The third-order valence-corrected chi connectivity index (χ3v) is 4.38. The van der Waals surface area contributed by atoms with Gasteiger partial charge in [-0.25, -0.2) is 0 Å². The normalized spacial score (nSPS) is 14.1. The highest BCUT2D eigenvalue weighted by atomic mass is 16.1. The summed E-state index contributed by atoms with van der Waals surface area (Å²) in [7, 11) is 0. The zero-order valence-corrected chi connectivity index (χ0v) is 14.6. The number of benzene rings is 2. The van der Waals surface area contributed by atoms with Crippen LogP contribution in [-0.4, -0.2) is 5.78 Å². The Morgan fingerprint density at radius 2 is 1.52 bits per heavy atom. The van der Waals surface area contributed by atoms with Crippen molar-refractivity contribution in [3.05, 3.63) is 83.9 Å². The molecular formula is C22H26O. The van der Waals surface area contributed by atoms with Crippen LogP contribution in [0.25, 0.3) is 0 Å². The smallest absolute Gasteiger partial charge is 0.168 e. The molecular weight excluding hydrogens is 280 g/mol. The Balaban J connectivity index is 2.44. The van der Waals surface area contributed by atoms with E-state index in [1.54, 1.807) is 0 Å². The van der Waals surface area contributed by atoms with Crippen molar-refractivity contribution >= 4 is 5.78 Å². The highest BCUT2D eigenvalue weighted by Crippen LogP contribution is 2.32. The first-order chi connectivity index (χ1) is 10.8. The summed E-state index contributed by atoms with van der Waals surface area (Å²) in [4.78, 5) is 12.8. The van der Waals surface area contributed by atoms with Gasteiger partial charge in [0.1, 0.15) is 0 Å². The van der Waals surface area contributed by atoms with Crippen molar-refractivity contribution < 1.29 is 4.79 Å². The van der Waals surface area contributed by atoms with Gasteiger partial charge in [-0.3, -0.25) is 4.79 Å². The van der Waals surface area contributed by atoms with E-state index in [0.717, 1.165) is 17.5 Å². The highest BCUT2D eigenvalue weighted by molar-refractivity contribution is 6.01. The van der Waals surface area contributed by atoms with E-state index < -0.39 is 0 Å². The highest BCUT2D eigenvalue weighted by Gasteiger charge is 2.29. The number of carbonyl (C=O) groups is 1. The van der Waals surface area contributed by atoms with Crippen LogP contribution in [0.1, 0.15) is 49.2 Å². The Hall–Kier alpha value is -2.15. The third kappa shape index (κ3) is 3.79. The van der Waals surface area contributed by atoms with E-state index in [2.05, 4.69) is 31.7 Å². The first-order valence-electron chi connectivity index (χ1n) is 8.10. The fraction of sp³-hybridized carbons (Fsp3) is 0.318. The monoisotopic (exact) mass is 306 g/mol. The predicted octanol–water partition coefficient (Wildman–Crippen LogP) is 5.60. The first-order valence-corrected chi connectivity index (χ1v) is 8.10. The first kappa shape index (κ1) is 17.2. The number of ketones is 1. The molecule has 0 spiro atoms. The summed E-state index contributed by atoms with van der Waals surface area (Å²) in [5.41, 5.74) is 2.54. The summed E-state index contributed by atoms with van der Waals surface area (Å²) in [5, 5.41) is 0. The molecule has 0 bridgehead atoms. The second-order valence-electron chi connectivity index (χ2n) is 7.40. The van der Waals surface area contributed by atoms with Crippen LogP contribution in [0, 0.1) is 5.41 Å². The number of hydrogen-bond acceptors (Lipinski definition) is 1. The van der Waals surface area contributed by atoms with Gasteiger partial charge in [-0.15, -0.1) is 6.58 Å². The zero-order valence-electron chi connectivity index (χ0n) is 14.6. The summed E-state index contributed by atoms with van der Waals surface area (Å²) in [6, 6.07) is 18.3. The molecule has 2 rings (SSSR count). The maximum absolute atomic E-state index is 12.8. The molecule has 0 N–H and O–H groups in total. The summed E-state index contributed by atoms with van der Waals surface area (Å²) >= 11 is 0. The predicted molar refractivity (Wildman–Crippen MR) is 97.9 cm³/mol. The lowest BCUT2D eigenvalue weighted by molar-refractivity contribution is 0.0857. The van der Waals surface area contributed by atoms with Gasteiger partial charge in [-0.05, 0) is 17.5 Å². The fourth-order valence-corrected chi connectivity index (χ4v) is 2.81. The molecule has 0 fully saturated rings. The molecule has 2 aromatic rings. The van der Waals surface area contributed by atoms with E-state index in [-0.39, 0.29) is 16.6 Å². The lowest BCUT2D eigenvalue weighted by atomic mass is 9.75. The van der Waals surface area contributed by atoms with Crippen molar-refractivity contribution in [3.8, 4) is 0 Å². The standard InChI is InChI=1S/C22H26O/c1-6-22(5,18-13-8-7-9-14-18)16-17-12-10-11-15-19(17)20(23)21(2,3)4/h6-15H,1,16H2,2-5H3. The summed E-state index contributed by atoms with van der Waals surface area (Å²) in [6.45, 7) is 12.1. The Kier molecular flexibility index (Phi) is 4.89. The van der Waals surface area contributed by atoms with Gasteiger partial charge in [-0.1, -0.05) is 88.4 Å². The Morgan fingerprint density at radius 3 is 2.09 bits per heavy atom. The minimum Gasteiger partial charge on any atom is -0.294 e. The summed E-state index contributed by atoms with van der Waals surface area (Å²) in [5.74, 6) is 0.188. The summed E-state index contributed by atoms with van der Waals surface area (Å²) < 4.78 is 0. The van der Waals surface area contributed by atoms with Crippen LogP contribution >= 0.6 is 0 Å². The SMILES string of the molecule is C=CC(C)(Cc1ccccc1C(=O)C(C)(C)C)c1ccccc1. The average Bonchev–Trinajstić information content (AvgIpc) is 2.54. The molecule has 1 unspecified atom stereocenters. The van der Waals surface area contributed by atoms with E-state index in [4.69, 9.17) is 0 Å². The van der Waals surface area contributed by atoms with Crippen molar-refractivity contribution in [2.45, 2.75) is 39.5 Å². The van der Waals surface area contributed by atoms with Crippen molar-refractivity contribution in [1.82, 2.24) is 0 Å². The minimum absolute atomic E-state index is 0.188. The van der Waals surface area contributed by atoms with Crippen LogP contribution in [0.2, 0.25) is 0 Å². The minimum atomic E-state index is -0.382. The lowest BCUT2D eigenvalue weighted by Gasteiger charge is -2.28. The molecule has 0 aliphatic rings. The molecule has 0 saturated carbocycles. The molecule has 0 amide bonds. The number of carbonyl (C=O) groups excluding carboxylic acids is 1. The Bertz CT molecular complexity index is 691. The van der Waals surface area contributed by atoms with E-state index >= 15 is 0 Å². The maximum atomic E-state index is 12.8. The molecule has 0 aliphatic heterocycles. The molecule has 23 heavy (non-hydrogen) atoms. The van der Waals surface area contributed by atoms with E-state index in [1.165, 1.54) is 5.56 Å². The molecule has 1 heteroatoms. The average molecular weight is 306 g/mol. The van der Waals surface area contributed by atoms with Crippen molar-refractivity contribution in [2.75, 3.05) is 0 Å². The van der Waals surface area contributed by atoms with Crippen molar-refractivity contribution in [2.24, 2.45) is 5.41 Å². The number of rotatable bonds is 5. The van der Waals surface area contributed by atoms with E-state index in [1.807, 2.05) is 63.2 Å². The second-order valence-corrected chi connectivity index (χ2v) is 7.40. The second kappa shape index (κ2) is 6.54. The molecule has 2 aromatic carbocycles. The number of allylic oxidation sites excluding steroid dienone is 1. The molecule has 0 radical (unpaired) electrons. The van der Waals surface area contributed by atoms with Crippen LogP contribution in [0.15, 0.2) is 67.3 Å². The van der Waals surface area contributed by atoms with Gasteiger partial charge in [0.15, 0.2) is 5.78 Å². The van der Waals surface area contributed by atoms with Gasteiger partial charge < -0.3 is 0 Å². The summed E-state index contributed by atoms with van der Waals surface area (Å²) in [6.07, 6.45) is 2.75. The van der Waals surface area contributed by atoms with Gasteiger partial charge in [0, 0.05) is 16.4 Å². The van der Waals surface area contributed by atoms with Crippen LogP contribution in [0.5, 0.6) is 0 Å². The lowest BCUT2D eigenvalue weighted by Crippen LogP contribution is -2.26. The molecule has 120 valence electrons. The van der Waals surface area contributed by atoms with E-state index in [0.29, 0.717) is 0 Å². The largest absolute Gasteiger partial charge is 0.294 e. The van der Waals surface area contributed by atoms with Crippen LogP contribution in [0.4, 0.5) is 0 Å². The van der Waals surface area contributed by atoms with E-state index in [9.17, 15) is 4.79 Å². The number of Topliss-reactive ketones (excluding diaryl/α,β-unsaturated/α-hetero) is 1. The molecule has 1 atom stereocenters. The van der Waals surface area contributed by atoms with Crippen LogP contribution in [0.3, 0.4) is 0 Å². The van der Waals surface area contributed by atoms with Crippen LogP contribution < -0.4 is 0 Å². The van der Waals surface area contributed by atoms with Crippen LogP contribution in [-0.2, 0) is 11.8 Å². The quantitative estimate of drug-likeness (QED) is 0.519. The zero-order chi connectivity index (χ0) is 17.1. The Labute approximate surface area is 140 Å². The van der Waals surface area contributed by atoms with Crippen molar-refractivity contribution in [1.29, 1.82) is 0 Å². The van der Waals surface area contributed by atoms with Gasteiger partial charge in [-0.2, -0.15) is 0 Å². The van der Waals surface area contributed by atoms with Gasteiger partial charge >= 0.3 is 0 Å². The molecule has 0 saturated heterocycles. The van der Waals surface area contributed by atoms with Gasteiger partial charge in [0.2, 0.25) is 0 Å². The molecule has 0 heterocycles. The number of hydrogen-bond donors (Lipinski definition) is 0. The molecule has 1 nitrogen and oxygen atoms in total. The topological polar surface area (TPSA) is 17.1 Å². The maximum Gasteiger partial charge on any atom is 0.168 e. The van der Waals surface area contributed by atoms with Crippen molar-refractivity contribution in [3.63, 3.8) is 0 Å². The fourth-order valence-electron chi connectivity index (χ4n) is 2.81. The molecule has 0 aromatic heterocycles. The van der Waals surface area contributed by atoms with Gasteiger partial charge in [0.25, 0.3) is 0 Å².